The monoisotopic (exact) mass is 330 g/mol. The van der Waals surface area contributed by atoms with E-state index in [1.54, 1.807) is 11.4 Å². The molecule has 0 saturated heterocycles. The molecule has 21 heavy (non-hydrogen) atoms. The van der Waals surface area contributed by atoms with E-state index < -0.39 is 10.0 Å². The molecule has 2 N–H and O–H groups in total. The average Bonchev–Trinajstić information content (AvgIpc) is 2.91. The van der Waals surface area contributed by atoms with Crippen molar-refractivity contribution in [3.63, 3.8) is 0 Å². The van der Waals surface area contributed by atoms with Gasteiger partial charge >= 0.3 is 0 Å². The molecule has 1 saturated carbocycles. The summed E-state index contributed by atoms with van der Waals surface area (Å²) in [5, 5.41) is 5.04. The number of nitrogens with one attached hydrogen (secondary N) is 2. The summed E-state index contributed by atoms with van der Waals surface area (Å²) in [6.45, 7) is 6.05. The molecule has 1 fully saturated rings. The van der Waals surface area contributed by atoms with Crippen molar-refractivity contribution < 1.29 is 8.42 Å². The highest BCUT2D eigenvalue weighted by atomic mass is 32.2. The molecule has 0 radical (unpaired) electrons. The minimum atomic E-state index is -3.35. The molecule has 0 amide bonds. The zero-order valence-electron chi connectivity index (χ0n) is 12.9. The van der Waals surface area contributed by atoms with Crippen molar-refractivity contribution in [2.24, 2.45) is 5.92 Å². The van der Waals surface area contributed by atoms with E-state index in [4.69, 9.17) is 0 Å². The van der Waals surface area contributed by atoms with Gasteiger partial charge in [-0.2, -0.15) is 0 Å². The van der Waals surface area contributed by atoms with Crippen LogP contribution in [0.2, 0.25) is 0 Å². The zero-order valence-corrected chi connectivity index (χ0v) is 14.5. The van der Waals surface area contributed by atoms with Crippen LogP contribution in [0.4, 0.5) is 0 Å². The van der Waals surface area contributed by atoms with E-state index in [1.165, 1.54) is 11.3 Å². The molecule has 120 valence electrons. The van der Waals surface area contributed by atoms with Gasteiger partial charge in [-0.3, -0.25) is 0 Å². The normalized spacial score (nSPS) is 23.3. The lowest BCUT2D eigenvalue weighted by Gasteiger charge is -2.26. The summed E-state index contributed by atoms with van der Waals surface area (Å²) in [5.74, 6) is 0.725. The Balaban J connectivity index is 1.93. The summed E-state index contributed by atoms with van der Waals surface area (Å²) in [4.78, 5) is 1.49. The predicted molar refractivity (Wildman–Crippen MR) is 88.1 cm³/mol. The lowest BCUT2D eigenvalue weighted by atomic mass is 9.88. The van der Waals surface area contributed by atoms with Crippen LogP contribution in [-0.2, 0) is 16.6 Å². The zero-order chi connectivity index (χ0) is 15.3. The van der Waals surface area contributed by atoms with Crippen LogP contribution in [0.15, 0.2) is 16.3 Å². The summed E-state index contributed by atoms with van der Waals surface area (Å²) < 4.78 is 27.7. The van der Waals surface area contributed by atoms with Crippen molar-refractivity contribution in [2.75, 3.05) is 6.54 Å². The molecule has 1 heterocycles. The van der Waals surface area contributed by atoms with E-state index in [1.807, 2.05) is 0 Å². The summed E-state index contributed by atoms with van der Waals surface area (Å²) >= 11 is 1.51. The Hall–Kier alpha value is -0.430. The molecule has 6 heteroatoms. The molecular formula is C15H26N2O2S2. The second-order valence-corrected chi connectivity index (χ2v) is 8.71. The summed E-state index contributed by atoms with van der Waals surface area (Å²) in [6, 6.07) is 1.90. The van der Waals surface area contributed by atoms with Crippen LogP contribution >= 0.6 is 11.3 Å². The summed E-state index contributed by atoms with van der Waals surface area (Å²) in [6.07, 6.45) is 5.22. The van der Waals surface area contributed by atoms with Crippen LogP contribution in [0.5, 0.6) is 0 Å². The van der Waals surface area contributed by atoms with Crippen LogP contribution in [0.3, 0.4) is 0 Å². The van der Waals surface area contributed by atoms with E-state index in [-0.39, 0.29) is 6.04 Å². The minimum absolute atomic E-state index is 0.104. The standard InChI is InChI=1S/C15H26N2O2S2/c1-3-8-16-10-14-9-15(11-20-14)21(18,19)17-13-6-4-12(2)5-7-13/h9,11-13,16-17H,3-8,10H2,1-2H3. The summed E-state index contributed by atoms with van der Waals surface area (Å²) in [5.41, 5.74) is 0. The van der Waals surface area contributed by atoms with Gasteiger partial charge in [-0.1, -0.05) is 13.8 Å². The van der Waals surface area contributed by atoms with E-state index >= 15 is 0 Å². The highest BCUT2D eigenvalue weighted by Gasteiger charge is 2.24. The number of sulfonamides is 1. The minimum Gasteiger partial charge on any atom is -0.312 e. The Labute approximate surface area is 132 Å². The van der Waals surface area contributed by atoms with Crippen LogP contribution in [0.1, 0.15) is 50.8 Å². The number of hydrogen-bond donors (Lipinski definition) is 2. The van der Waals surface area contributed by atoms with Gasteiger partial charge in [-0.25, -0.2) is 13.1 Å². The highest BCUT2D eigenvalue weighted by Crippen LogP contribution is 2.26. The van der Waals surface area contributed by atoms with Crippen molar-refractivity contribution >= 4 is 21.4 Å². The maximum atomic E-state index is 12.4. The molecular weight excluding hydrogens is 304 g/mol. The van der Waals surface area contributed by atoms with Gasteiger partial charge in [0, 0.05) is 22.8 Å². The molecule has 1 aromatic heterocycles. The van der Waals surface area contributed by atoms with E-state index in [9.17, 15) is 8.42 Å². The number of hydrogen-bond acceptors (Lipinski definition) is 4. The third-order valence-corrected chi connectivity index (χ3v) is 6.59. The molecule has 0 atom stereocenters. The number of thiophene rings is 1. The fraction of sp³-hybridized carbons (Fsp3) is 0.733. The molecule has 0 unspecified atom stereocenters. The fourth-order valence-electron chi connectivity index (χ4n) is 2.65. The molecule has 4 nitrogen and oxygen atoms in total. The van der Waals surface area contributed by atoms with Gasteiger partial charge in [0.25, 0.3) is 0 Å². The van der Waals surface area contributed by atoms with Gasteiger partial charge in [0.05, 0.1) is 4.90 Å². The average molecular weight is 331 g/mol. The smallest absolute Gasteiger partial charge is 0.241 e. The molecule has 1 aliphatic rings. The first kappa shape index (κ1) is 16.9. The van der Waals surface area contributed by atoms with E-state index in [2.05, 4.69) is 23.9 Å². The van der Waals surface area contributed by atoms with Crippen molar-refractivity contribution in [1.82, 2.24) is 10.0 Å². The van der Waals surface area contributed by atoms with Gasteiger partial charge in [-0.15, -0.1) is 11.3 Å². The first-order valence-electron chi connectivity index (χ1n) is 7.81. The Morgan fingerprint density at radius 2 is 2.00 bits per heavy atom. The lowest BCUT2D eigenvalue weighted by Crippen LogP contribution is -2.37. The SMILES string of the molecule is CCCNCc1cc(S(=O)(=O)NC2CCC(C)CC2)cs1. The van der Waals surface area contributed by atoms with E-state index in [0.29, 0.717) is 4.90 Å². The molecule has 0 bridgehead atoms. The predicted octanol–water partition coefficient (Wildman–Crippen LogP) is 3.10. The second kappa shape index (κ2) is 7.72. The van der Waals surface area contributed by atoms with Gasteiger partial charge in [-0.05, 0) is 50.6 Å². The third kappa shape index (κ3) is 5.06. The Bertz CT molecular complexity index is 532. The first-order chi connectivity index (χ1) is 10.0. The number of rotatable bonds is 7. The molecule has 1 aromatic rings. The molecule has 0 aromatic carbocycles. The fourth-order valence-corrected chi connectivity index (χ4v) is 5.20. The van der Waals surface area contributed by atoms with Gasteiger partial charge in [0.2, 0.25) is 10.0 Å². The molecule has 2 rings (SSSR count). The van der Waals surface area contributed by atoms with Crippen LogP contribution < -0.4 is 10.0 Å². The maximum Gasteiger partial charge on any atom is 0.241 e. The van der Waals surface area contributed by atoms with Crippen molar-refractivity contribution in [3.8, 4) is 0 Å². The summed E-state index contributed by atoms with van der Waals surface area (Å²) in [7, 11) is -3.35. The van der Waals surface area contributed by atoms with Crippen molar-refractivity contribution in [1.29, 1.82) is 0 Å². The Kier molecular flexibility index (Phi) is 6.22. The second-order valence-electron chi connectivity index (χ2n) is 6.00. The van der Waals surface area contributed by atoms with Gasteiger partial charge in [0.15, 0.2) is 0 Å². The van der Waals surface area contributed by atoms with Crippen molar-refractivity contribution in [3.05, 3.63) is 16.3 Å². The van der Waals surface area contributed by atoms with Crippen LogP contribution in [0.25, 0.3) is 0 Å². The van der Waals surface area contributed by atoms with Crippen molar-refractivity contribution in [2.45, 2.75) is 63.4 Å². The molecule has 0 spiro atoms. The molecule has 1 aliphatic carbocycles. The van der Waals surface area contributed by atoms with Crippen LogP contribution in [-0.4, -0.2) is 21.0 Å². The first-order valence-corrected chi connectivity index (χ1v) is 10.2. The quantitative estimate of drug-likeness (QED) is 0.755. The lowest BCUT2D eigenvalue weighted by molar-refractivity contribution is 0.332. The van der Waals surface area contributed by atoms with E-state index in [0.717, 1.165) is 56.0 Å². The van der Waals surface area contributed by atoms with Gasteiger partial charge in [0.1, 0.15) is 0 Å². The van der Waals surface area contributed by atoms with Gasteiger partial charge < -0.3 is 5.32 Å². The maximum absolute atomic E-state index is 12.4. The topological polar surface area (TPSA) is 58.2 Å². The largest absolute Gasteiger partial charge is 0.312 e. The third-order valence-electron chi connectivity index (χ3n) is 4.00. The van der Waals surface area contributed by atoms with Crippen LogP contribution in [0, 0.1) is 5.92 Å². The highest BCUT2D eigenvalue weighted by molar-refractivity contribution is 7.89. The molecule has 0 aliphatic heterocycles. The Morgan fingerprint density at radius 3 is 2.67 bits per heavy atom. The Morgan fingerprint density at radius 1 is 1.29 bits per heavy atom.